The van der Waals surface area contributed by atoms with Crippen molar-refractivity contribution < 1.29 is 4.74 Å². The van der Waals surface area contributed by atoms with Crippen LogP contribution in [0.1, 0.15) is 59.3 Å². The van der Waals surface area contributed by atoms with Crippen molar-refractivity contribution in [2.24, 2.45) is 11.3 Å². The maximum absolute atomic E-state index is 6.11. The molecule has 1 heterocycles. The molecule has 0 spiro atoms. The first kappa shape index (κ1) is 16.0. The summed E-state index contributed by atoms with van der Waals surface area (Å²) in [5.74, 6) is 0.902. The molecule has 0 saturated heterocycles. The van der Waals surface area contributed by atoms with Crippen molar-refractivity contribution in [2.45, 2.75) is 65.4 Å². The number of rotatable bonds is 6. The largest absolute Gasteiger partial charge is 0.377 e. The second-order valence-corrected chi connectivity index (χ2v) is 7.25. The Kier molecular flexibility index (Phi) is 6.10. The van der Waals surface area contributed by atoms with Gasteiger partial charge in [0.05, 0.1) is 12.7 Å². The van der Waals surface area contributed by atoms with Crippen LogP contribution in [0.5, 0.6) is 0 Å². The molecule has 0 aromatic rings. The van der Waals surface area contributed by atoms with Gasteiger partial charge in [-0.3, -0.25) is 4.90 Å². The van der Waals surface area contributed by atoms with Gasteiger partial charge in [0, 0.05) is 19.6 Å². The van der Waals surface area contributed by atoms with Gasteiger partial charge in [0.1, 0.15) is 0 Å². The molecule has 0 atom stereocenters. The zero-order valence-corrected chi connectivity index (χ0v) is 13.7. The third-order valence-corrected chi connectivity index (χ3v) is 5.59. The fraction of sp³-hybridized carbons (Fsp3) is 0.889. The fourth-order valence-electron chi connectivity index (χ4n) is 3.54. The van der Waals surface area contributed by atoms with Gasteiger partial charge in [-0.2, -0.15) is 0 Å². The maximum atomic E-state index is 6.11. The Labute approximate surface area is 125 Å². The number of ether oxygens (including phenoxy) is 1. The third-order valence-electron chi connectivity index (χ3n) is 5.59. The first-order valence-corrected chi connectivity index (χ1v) is 8.61. The van der Waals surface area contributed by atoms with Gasteiger partial charge in [0.15, 0.2) is 0 Å². The Bertz CT molecular complexity index is 303. The molecule has 20 heavy (non-hydrogen) atoms. The molecule has 116 valence electrons. The average Bonchev–Trinajstić information content (AvgIpc) is 2.49. The van der Waals surface area contributed by atoms with E-state index in [1.54, 1.807) is 0 Å². The van der Waals surface area contributed by atoms with E-state index in [2.05, 4.69) is 37.8 Å². The standard InChI is InChI=1S/C18H33NO/c1-4-18(2,3)16-8-10-17(11-9-16)20-15-14-19-12-6-5-7-13-19/h5-6,16-17H,4,7-15H2,1-3H3. The first-order valence-electron chi connectivity index (χ1n) is 8.61. The summed E-state index contributed by atoms with van der Waals surface area (Å²) in [5.41, 5.74) is 0.519. The quantitative estimate of drug-likeness (QED) is 0.674. The van der Waals surface area contributed by atoms with Gasteiger partial charge in [-0.1, -0.05) is 39.3 Å². The van der Waals surface area contributed by atoms with Crippen LogP contribution in [0.3, 0.4) is 0 Å². The minimum absolute atomic E-state index is 0.519. The van der Waals surface area contributed by atoms with E-state index in [4.69, 9.17) is 4.74 Å². The lowest BCUT2D eigenvalue weighted by molar-refractivity contribution is -0.00679. The highest BCUT2D eigenvalue weighted by molar-refractivity contribution is 4.90. The third kappa shape index (κ3) is 4.60. The molecule has 0 N–H and O–H groups in total. The SMILES string of the molecule is CCC(C)(C)C1CCC(OCCN2CC=CCC2)CC1. The topological polar surface area (TPSA) is 12.5 Å². The van der Waals surface area contributed by atoms with Crippen LogP contribution in [0, 0.1) is 11.3 Å². The zero-order chi connectivity index (χ0) is 14.4. The van der Waals surface area contributed by atoms with E-state index < -0.39 is 0 Å². The number of hydrogen-bond donors (Lipinski definition) is 0. The average molecular weight is 279 g/mol. The highest BCUT2D eigenvalue weighted by Crippen LogP contribution is 2.40. The molecule has 0 aromatic carbocycles. The molecule has 1 fully saturated rings. The lowest BCUT2D eigenvalue weighted by Gasteiger charge is -2.39. The highest BCUT2D eigenvalue weighted by atomic mass is 16.5. The minimum atomic E-state index is 0.519. The van der Waals surface area contributed by atoms with Gasteiger partial charge >= 0.3 is 0 Å². The van der Waals surface area contributed by atoms with Crippen molar-refractivity contribution in [3.05, 3.63) is 12.2 Å². The van der Waals surface area contributed by atoms with Crippen LogP contribution in [0.4, 0.5) is 0 Å². The van der Waals surface area contributed by atoms with E-state index in [1.807, 2.05) is 0 Å². The van der Waals surface area contributed by atoms with E-state index in [-0.39, 0.29) is 0 Å². The van der Waals surface area contributed by atoms with Crippen LogP contribution in [-0.4, -0.2) is 37.2 Å². The van der Waals surface area contributed by atoms with E-state index in [1.165, 1.54) is 45.1 Å². The number of hydrogen-bond acceptors (Lipinski definition) is 2. The maximum Gasteiger partial charge on any atom is 0.0597 e. The van der Waals surface area contributed by atoms with Gasteiger partial charge in [0.2, 0.25) is 0 Å². The van der Waals surface area contributed by atoms with Crippen LogP contribution in [0.25, 0.3) is 0 Å². The van der Waals surface area contributed by atoms with Crippen molar-refractivity contribution in [2.75, 3.05) is 26.2 Å². The Morgan fingerprint density at radius 1 is 1.15 bits per heavy atom. The molecule has 2 nitrogen and oxygen atoms in total. The van der Waals surface area contributed by atoms with Crippen molar-refractivity contribution in [3.63, 3.8) is 0 Å². The van der Waals surface area contributed by atoms with Crippen molar-refractivity contribution in [3.8, 4) is 0 Å². The molecule has 1 aliphatic carbocycles. The summed E-state index contributed by atoms with van der Waals surface area (Å²) >= 11 is 0. The van der Waals surface area contributed by atoms with Crippen LogP contribution < -0.4 is 0 Å². The van der Waals surface area contributed by atoms with Gasteiger partial charge in [-0.15, -0.1) is 0 Å². The molecule has 0 unspecified atom stereocenters. The minimum Gasteiger partial charge on any atom is -0.377 e. The molecule has 0 amide bonds. The van der Waals surface area contributed by atoms with Gasteiger partial charge in [-0.05, 0) is 43.4 Å². The second kappa shape index (κ2) is 7.61. The monoisotopic (exact) mass is 279 g/mol. The van der Waals surface area contributed by atoms with Crippen molar-refractivity contribution in [1.29, 1.82) is 0 Å². The van der Waals surface area contributed by atoms with Gasteiger partial charge < -0.3 is 4.74 Å². The molecule has 1 aliphatic heterocycles. The Morgan fingerprint density at radius 3 is 2.50 bits per heavy atom. The molecule has 0 bridgehead atoms. The van der Waals surface area contributed by atoms with Crippen molar-refractivity contribution in [1.82, 2.24) is 4.90 Å². The Balaban J connectivity index is 1.61. The molecular weight excluding hydrogens is 246 g/mol. The smallest absolute Gasteiger partial charge is 0.0597 e. The Morgan fingerprint density at radius 2 is 1.90 bits per heavy atom. The number of nitrogens with zero attached hydrogens (tertiary/aromatic N) is 1. The van der Waals surface area contributed by atoms with Crippen molar-refractivity contribution >= 4 is 0 Å². The van der Waals surface area contributed by atoms with E-state index >= 15 is 0 Å². The van der Waals surface area contributed by atoms with Gasteiger partial charge in [-0.25, -0.2) is 0 Å². The Hall–Kier alpha value is -0.340. The van der Waals surface area contributed by atoms with Crippen LogP contribution in [0.2, 0.25) is 0 Å². The molecule has 1 saturated carbocycles. The van der Waals surface area contributed by atoms with E-state index in [9.17, 15) is 0 Å². The van der Waals surface area contributed by atoms with E-state index in [0.29, 0.717) is 11.5 Å². The van der Waals surface area contributed by atoms with Crippen LogP contribution >= 0.6 is 0 Å². The molecule has 2 rings (SSSR count). The highest BCUT2D eigenvalue weighted by Gasteiger charge is 2.31. The predicted octanol–water partition coefficient (Wildman–Crippen LogP) is 4.26. The lowest BCUT2D eigenvalue weighted by Crippen LogP contribution is -2.34. The summed E-state index contributed by atoms with van der Waals surface area (Å²) in [4.78, 5) is 2.49. The zero-order valence-electron chi connectivity index (χ0n) is 13.7. The summed E-state index contributed by atoms with van der Waals surface area (Å²) in [7, 11) is 0. The molecule has 2 heteroatoms. The molecule has 0 aromatic heterocycles. The lowest BCUT2D eigenvalue weighted by atomic mass is 9.69. The van der Waals surface area contributed by atoms with Crippen LogP contribution in [-0.2, 0) is 4.74 Å². The fourth-order valence-corrected chi connectivity index (χ4v) is 3.54. The summed E-state index contributed by atoms with van der Waals surface area (Å²) < 4.78 is 6.11. The first-order chi connectivity index (χ1) is 9.62. The summed E-state index contributed by atoms with van der Waals surface area (Å²) in [6, 6.07) is 0. The van der Waals surface area contributed by atoms with Crippen LogP contribution in [0.15, 0.2) is 12.2 Å². The predicted molar refractivity (Wildman–Crippen MR) is 86.0 cm³/mol. The summed E-state index contributed by atoms with van der Waals surface area (Å²) in [6.45, 7) is 11.5. The van der Waals surface area contributed by atoms with E-state index in [0.717, 1.165) is 25.6 Å². The normalized spacial score (nSPS) is 28.8. The van der Waals surface area contributed by atoms with Gasteiger partial charge in [0.25, 0.3) is 0 Å². The second-order valence-electron chi connectivity index (χ2n) is 7.25. The molecule has 2 aliphatic rings. The summed E-state index contributed by atoms with van der Waals surface area (Å²) in [5, 5.41) is 0. The molecule has 0 radical (unpaired) electrons. The summed E-state index contributed by atoms with van der Waals surface area (Å²) in [6.07, 6.45) is 12.9. The molecular formula is C18H33NO.